The number of rotatable bonds is 23. The fourth-order valence-corrected chi connectivity index (χ4v) is 9.27. The molecule has 2 amide bonds. The molecule has 4 aliphatic heterocycles. The summed E-state index contributed by atoms with van der Waals surface area (Å²) in [6.07, 6.45) is -34.2. The fraction of sp³-hybridized carbons (Fsp3) is 0.740. The van der Waals surface area contributed by atoms with Crippen molar-refractivity contribution < 1.29 is 153 Å². The van der Waals surface area contributed by atoms with E-state index in [1.54, 1.807) is 0 Å². The molecule has 0 aromatic carbocycles. The molecule has 0 unspecified atom stereocenters. The van der Waals surface area contributed by atoms with Gasteiger partial charge >= 0.3 is 65.7 Å². The Labute approximate surface area is 479 Å². The maximum absolute atomic E-state index is 13.4. The van der Waals surface area contributed by atoms with Crippen molar-refractivity contribution in [1.82, 2.24) is 10.6 Å². The van der Waals surface area contributed by atoms with E-state index in [1.807, 2.05) is 0 Å². The first kappa shape index (κ1) is 69.3. The number of carbonyl (C=O) groups excluding carboxylic acids is 13. The van der Waals surface area contributed by atoms with E-state index in [2.05, 4.69) is 10.6 Å². The minimum Gasteiger partial charge on any atom is -0.463 e. The molecule has 4 heterocycles. The molecule has 84 heavy (non-hydrogen) atoms. The van der Waals surface area contributed by atoms with Crippen molar-refractivity contribution in [2.24, 2.45) is 0 Å². The fourth-order valence-electron chi connectivity index (χ4n) is 9.27. The van der Waals surface area contributed by atoms with Crippen molar-refractivity contribution in [1.29, 1.82) is 0 Å². The van der Waals surface area contributed by atoms with Gasteiger partial charge in [0.05, 0.1) is 0 Å². The number of aliphatic hydroxyl groups excluding tert-OH is 1. The average Bonchev–Trinajstić information content (AvgIpc) is 2.10. The van der Waals surface area contributed by atoms with Crippen LogP contribution in [0.5, 0.6) is 0 Å². The molecule has 0 aromatic heterocycles. The van der Waals surface area contributed by atoms with Crippen LogP contribution in [-0.4, -0.2) is 232 Å². The van der Waals surface area contributed by atoms with E-state index in [-0.39, 0.29) is 0 Å². The Morgan fingerprint density at radius 2 is 0.560 bits per heavy atom. The monoisotopic (exact) mass is 1210 g/mol. The summed E-state index contributed by atoms with van der Waals surface area (Å²) < 4.78 is 105. The lowest BCUT2D eigenvalue weighted by molar-refractivity contribution is -0.378. The van der Waals surface area contributed by atoms with Crippen molar-refractivity contribution in [2.75, 3.05) is 26.4 Å². The molecule has 0 aliphatic carbocycles. The highest BCUT2D eigenvalue weighted by atomic mass is 16.8. The molecule has 0 spiro atoms. The maximum Gasteiger partial charge on any atom is 0.303 e. The van der Waals surface area contributed by atoms with Crippen molar-refractivity contribution in [3.05, 3.63) is 0 Å². The summed E-state index contributed by atoms with van der Waals surface area (Å²) in [7, 11) is 0. The van der Waals surface area contributed by atoms with E-state index >= 15 is 0 Å². The first-order valence-electron chi connectivity index (χ1n) is 25.8. The summed E-state index contributed by atoms with van der Waals surface area (Å²) in [5, 5.41) is 16.1. The second-order valence-corrected chi connectivity index (χ2v) is 19.2. The largest absolute Gasteiger partial charge is 0.463 e. The standard InChI is InChI=1S/C50H70N2O32/c1-18(53)51-35-41(73-26(9)61)37(71-24(7)59)32(15-68-21(4)56)79-48(35)82-38-33(16-69-22(5)57)80-49(36(52-19(2)54)42(38)74-27(10)62)84-44-39(72-25(8)60)34(17-70-23(6)58)81-50(46(44)77-30(13)65)83-40-31(14-67-20(3)55)78-47(66)45(76-29(12)64)43(40)75-28(11)63/h31-50,66H,14-17H2,1-13H3,(H,51,53)(H,52,54)/t31-,32-,33-,34-,35-,36-,37+,38-,39-,40-,41-,42-,43+,44+,45-,46+,47+,48+,49+,50+/m1/s1. The van der Waals surface area contributed by atoms with E-state index in [4.69, 9.17) is 85.3 Å². The Balaban J connectivity index is 2.02. The molecule has 0 saturated carbocycles. The van der Waals surface area contributed by atoms with E-state index in [0.717, 1.165) is 90.0 Å². The van der Waals surface area contributed by atoms with Crippen LogP contribution >= 0.6 is 0 Å². The van der Waals surface area contributed by atoms with Gasteiger partial charge in [-0.2, -0.15) is 0 Å². The first-order chi connectivity index (χ1) is 39.3. The highest BCUT2D eigenvalue weighted by Crippen LogP contribution is 2.39. The number of hydrogen-bond donors (Lipinski definition) is 3. The van der Waals surface area contributed by atoms with Gasteiger partial charge in [-0.15, -0.1) is 0 Å². The number of hydrogen-bond acceptors (Lipinski definition) is 32. The molecule has 4 aliphatic rings. The highest BCUT2D eigenvalue weighted by molar-refractivity contribution is 5.75. The SMILES string of the molecule is CC(=O)N[C@H]1[C@H](O[C@H]2[C@H](OC(C)=O)[C@@H](NC(C)=O)[C@H](O[C@@H]3[C@H](OC(C)=O)[C@H](O[C@H]4[C@H](OC(C)=O)[C@@H](OC(C)=O)[C@@H](O)O[C@@H]4COC(C)=O)O[C@H](COC(C)=O)[C@H]3OC(C)=O)O[C@@H]2COC(C)=O)O[C@H](COC(C)=O)[C@H](OC(C)=O)[C@@H]1OC(C)=O. The zero-order valence-electron chi connectivity index (χ0n) is 48.0. The van der Waals surface area contributed by atoms with Gasteiger partial charge in [-0.25, -0.2) is 0 Å². The zero-order valence-corrected chi connectivity index (χ0v) is 48.0. The molecule has 20 atom stereocenters. The number of amides is 2. The summed E-state index contributed by atoms with van der Waals surface area (Å²) in [6.45, 7) is 9.43. The van der Waals surface area contributed by atoms with Gasteiger partial charge in [0.15, 0.2) is 67.9 Å². The van der Waals surface area contributed by atoms with Crippen LogP contribution in [0.25, 0.3) is 0 Å². The third-order valence-corrected chi connectivity index (χ3v) is 12.0. The van der Waals surface area contributed by atoms with Crippen LogP contribution in [0.1, 0.15) is 90.0 Å². The molecule has 4 saturated heterocycles. The van der Waals surface area contributed by atoms with Gasteiger partial charge in [0.1, 0.15) is 81.2 Å². The minimum absolute atomic E-state index is 0.714. The number of ether oxygens (including phenoxy) is 18. The Bertz CT molecular complexity index is 2420. The van der Waals surface area contributed by atoms with E-state index < -0.39 is 227 Å². The summed E-state index contributed by atoms with van der Waals surface area (Å²) in [4.78, 5) is 166. The molecule has 0 bridgehead atoms. The summed E-state index contributed by atoms with van der Waals surface area (Å²) in [5.41, 5.74) is 0. The smallest absolute Gasteiger partial charge is 0.303 e. The number of esters is 11. The van der Waals surface area contributed by atoms with Crippen LogP contribution in [0.15, 0.2) is 0 Å². The molecular weight excluding hydrogens is 1140 g/mol. The van der Waals surface area contributed by atoms with Crippen LogP contribution in [0.4, 0.5) is 0 Å². The van der Waals surface area contributed by atoms with Crippen LogP contribution in [-0.2, 0) is 148 Å². The predicted molar refractivity (Wildman–Crippen MR) is 262 cm³/mol. The average molecular weight is 1210 g/mol. The second kappa shape index (κ2) is 31.6. The van der Waals surface area contributed by atoms with Crippen molar-refractivity contribution in [3.63, 3.8) is 0 Å². The Morgan fingerprint density at radius 3 is 0.929 bits per heavy atom. The van der Waals surface area contributed by atoms with Gasteiger partial charge in [0.25, 0.3) is 0 Å². The Morgan fingerprint density at radius 1 is 0.298 bits per heavy atom. The van der Waals surface area contributed by atoms with E-state index in [1.165, 1.54) is 0 Å². The molecule has 472 valence electrons. The lowest BCUT2D eigenvalue weighted by atomic mass is 9.93. The summed E-state index contributed by atoms with van der Waals surface area (Å²) in [6, 6.07) is -3.59. The van der Waals surface area contributed by atoms with Gasteiger partial charge in [-0.1, -0.05) is 0 Å². The third-order valence-electron chi connectivity index (χ3n) is 12.0. The molecule has 4 fully saturated rings. The molecule has 0 radical (unpaired) electrons. The van der Waals surface area contributed by atoms with Gasteiger partial charge in [0.2, 0.25) is 11.8 Å². The first-order valence-corrected chi connectivity index (χ1v) is 25.8. The van der Waals surface area contributed by atoms with Crippen molar-refractivity contribution in [2.45, 2.75) is 213 Å². The molecule has 34 nitrogen and oxygen atoms in total. The van der Waals surface area contributed by atoms with Crippen LogP contribution in [0.3, 0.4) is 0 Å². The van der Waals surface area contributed by atoms with Gasteiger partial charge < -0.3 is 101 Å². The van der Waals surface area contributed by atoms with Gasteiger partial charge in [0, 0.05) is 90.0 Å². The third kappa shape index (κ3) is 20.5. The van der Waals surface area contributed by atoms with E-state index in [9.17, 15) is 67.4 Å². The summed E-state index contributed by atoms with van der Waals surface area (Å²) >= 11 is 0. The van der Waals surface area contributed by atoms with Gasteiger partial charge in [-0.3, -0.25) is 62.3 Å². The maximum atomic E-state index is 13.4. The zero-order chi connectivity index (χ0) is 63.0. The van der Waals surface area contributed by atoms with E-state index in [0.29, 0.717) is 0 Å². The minimum atomic E-state index is -2.17. The molecule has 3 N–H and O–H groups in total. The topological polar surface area (TPSA) is 432 Å². The Hall–Kier alpha value is -7.21. The van der Waals surface area contributed by atoms with Crippen LogP contribution < -0.4 is 10.6 Å². The van der Waals surface area contributed by atoms with Crippen LogP contribution in [0.2, 0.25) is 0 Å². The molecular formula is C50H70N2O32. The van der Waals surface area contributed by atoms with Gasteiger partial charge in [-0.05, 0) is 0 Å². The van der Waals surface area contributed by atoms with Crippen LogP contribution in [0, 0.1) is 0 Å². The molecule has 34 heteroatoms. The number of nitrogens with one attached hydrogen (secondary N) is 2. The second-order valence-electron chi connectivity index (χ2n) is 19.2. The van der Waals surface area contributed by atoms with Crippen molar-refractivity contribution >= 4 is 77.5 Å². The predicted octanol–water partition coefficient (Wildman–Crippen LogP) is -3.18. The number of carbonyl (C=O) groups is 13. The number of aliphatic hydroxyl groups is 1. The quantitative estimate of drug-likeness (QED) is 0.0670. The normalized spacial score (nSPS) is 32.7. The lowest BCUT2D eigenvalue weighted by Gasteiger charge is -2.51. The van der Waals surface area contributed by atoms with Crippen molar-refractivity contribution in [3.8, 4) is 0 Å². The summed E-state index contributed by atoms with van der Waals surface area (Å²) in [5.74, 6) is -12.7. The highest BCUT2D eigenvalue weighted by Gasteiger charge is 2.61. The molecule has 0 aromatic rings. The molecule has 4 rings (SSSR count). The Kier molecular flexibility index (Phi) is 26.1. The lowest BCUT2D eigenvalue weighted by Crippen LogP contribution is -2.72.